The Bertz CT molecular complexity index is 2000. The number of rotatable bonds is 27. The fraction of sp³-hybridized carbons (Fsp3) is 0.512. The Labute approximate surface area is 353 Å². The molecule has 3 aromatic rings. The van der Waals surface area contributed by atoms with E-state index in [0.29, 0.717) is 86.9 Å². The first-order chi connectivity index (χ1) is 27.7. The number of carbonyl (C=O) groups is 2. The molecule has 0 radical (unpaired) electrons. The van der Waals surface area contributed by atoms with Gasteiger partial charge in [-0.25, -0.2) is 21.6 Å². The molecular weight excluding hydrogens is 830 g/mol. The molecule has 0 aromatic heterocycles. The zero-order valence-corrected chi connectivity index (χ0v) is 36.3. The minimum absolute atomic E-state index is 0.00896. The van der Waals surface area contributed by atoms with Gasteiger partial charge in [0.05, 0.1) is 55.2 Å². The predicted molar refractivity (Wildman–Crippen MR) is 224 cm³/mol. The van der Waals surface area contributed by atoms with Crippen LogP contribution in [-0.2, 0) is 54.9 Å². The van der Waals surface area contributed by atoms with E-state index >= 15 is 0 Å². The van der Waals surface area contributed by atoms with Crippen LogP contribution >= 0.6 is 23.2 Å². The smallest absolute Gasteiger partial charge is 0.240 e. The van der Waals surface area contributed by atoms with Crippen molar-refractivity contribution in [3.63, 3.8) is 0 Å². The Morgan fingerprint density at radius 3 is 2.12 bits per heavy atom. The van der Waals surface area contributed by atoms with Crippen LogP contribution in [0.5, 0.6) is 0 Å². The average Bonchev–Trinajstić information content (AvgIpc) is 3.18. The molecule has 1 aliphatic heterocycles. The van der Waals surface area contributed by atoms with Crippen LogP contribution in [0.1, 0.15) is 60.3 Å². The molecule has 3 aromatic carbocycles. The molecule has 0 saturated carbocycles. The maximum atomic E-state index is 13.1. The summed E-state index contributed by atoms with van der Waals surface area (Å²) in [5.74, 6) is -0.343. The molecule has 1 aliphatic rings. The lowest BCUT2D eigenvalue weighted by molar-refractivity contribution is -0.125. The predicted octanol–water partition coefficient (Wildman–Crippen LogP) is 5.33. The first-order valence-corrected chi connectivity index (χ1v) is 23.3. The normalized spacial score (nSPS) is 14.7. The third-order valence-corrected chi connectivity index (χ3v) is 13.2. The summed E-state index contributed by atoms with van der Waals surface area (Å²) in [5.41, 5.74) is 3.85. The Kier molecular flexibility index (Phi) is 20.0. The minimum atomic E-state index is -3.78. The number of ether oxygens (including phenoxy) is 4. The van der Waals surface area contributed by atoms with E-state index in [1.165, 1.54) is 0 Å². The van der Waals surface area contributed by atoms with Gasteiger partial charge in [0.25, 0.3) is 0 Å². The highest BCUT2D eigenvalue weighted by molar-refractivity contribution is 7.91. The van der Waals surface area contributed by atoms with Crippen LogP contribution in [-0.4, -0.2) is 119 Å². The topological polar surface area (TPSA) is 167 Å². The first kappa shape index (κ1) is 47.7. The number of halogens is 2. The van der Waals surface area contributed by atoms with Gasteiger partial charge in [-0.05, 0) is 79.9 Å². The molecule has 1 amide bonds. The molecular formula is C41H55Cl2N3O10S2. The van der Waals surface area contributed by atoms with Crippen molar-refractivity contribution in [3.05, 3.63) is 93.0 Å². The molecule has 2 N–H and O–H groups in total. The van der Waals surface area contributed by atoms with Gasteiger partial charge in [-0.2, -0.15) is 0 Å². The van der Waals surface area contributed by atoms with Crippen molar-refractivity contribution >= 4 is 54.8 Å². The molecule has 0 fully saturated rings. The van der Waals surface area contributed by atoms with Gasteiger partial charge in [-0.15, -0.1) is 0 Å². The van der Waals surface area contributed by atoms with Crippen molar-refractivity contribution < 1.29 is 45.4 Å². The van der Waals surface area contributed by atoms with Crippen molar-refractivity contribution in [1.29, 1.82) is 0 Å². The monoisotopic (exact) mass is 883 g/mol. The molecule has 17 heteroatoms. The van der Waals surface area contributed by atoms with Gasteiger partial charge in [0.15, 0.2) is 9.84 Å². The fourth-order valence-electron chi connectivity index (χ4n) is 6.32. The van der Waals surface area contributed by atoms with Crippen LogP contribution in [0, 0.1) is 6.92 Å². The molecule has 4 rings (SSSR count). The molecule has 1 heterocycles. The number of nitrogens with one attached hydrogen (secondary N) is 2. The molecule has 13 nitrogen and oxygen atoms in total. The Hall–Kier alpha value is -2.96. The Morgan fingerprint density at radius 1 is 0.759 bits per heavy atom. The maximum absolute atomic E-state index is 13.1. The second-order valence-corrected chi connectivity index (χ2v) is 18.8. The van der Waals surface area contributed by atoms with Crippen molar-refractivity contribution in [2.45, 2.75) is 61.3 Å². The minimum Gasteiger partial charge on any atom is -0.379 e. The van der Waals surface area contributed by atoms with Crippen LogP contribution in [0.3, 0.4) is 0 Å². The molecule has 0 saturated heterocycles. The molecule has 1 atom stereocenters. The first-order valence-electron chi connectivity index (χ1n) is 19.4. The summed E-state index contributed by atoms with van der Waals surface area (Å²) in [4.78, 5) is 26.9. The van der Waals surface area contributed by atoms with Crippen molar-refractivity contribution in [2.75, 3.05) is 85.3 Å². The number of hydrogen-bond donors (Lipinski definition) is 2. The molecule has 0 bridgehead atoms. The zero-order chi connectivity index (χ0) is 42.0. The third kappa shape index (κ3) is 16.2. The number of hydrogen-bond acceptors (Lipinski definition) is 11. The number of nitrogens with zero attached hydrogens (tertiary/aromatic N) is 1. The molecule has 320 valence electrons. The number of amides is 1. The van der Waals surface area contributed by atoms with Gasteiger partial charge < -0.3 is 29.2 Å². The van der Waals surface area contributed by atoms with Crippen LogP contribution in [0.25, 0.3) is 0 Å². The quantitative estimate of drug-likeness (QED) is 0.0951. The largest absolute Gasteiger partial charge is 0.379 e. The molecule has 0 aliphatic carbocycles. The van der Waals surface area contributed by atoms with Crippen molar-refractivity contribution in [3.8, 4) is 0 Å². The van der Waals surface area contributed by atoms with E-state index in [4.69, 9.17) is 42.1 Å². The van der Waals surface area contributed by atoms with Crippen LogP contribution < -0.4 is 10.0 Å². The molecule has 1 unspecified atom stereocenters. The van der Waals surface area contributed by atoms with E-state index in [1.54, 1.807) is 48.5 Å². The van der Waals surface area contributed by atoms with Crippen molar-refractivity contribution in [2.24, 2.45) is 0 Å². The average molecular weight is 885 g/mol. The van der Waals surface area contributed by atoms with Crippen LogP contribution in [0.4, 0.5) is 0 Å². The second kappa shape index (κ2) is 24.3. The van der Waals surface area contributed by atoms with Gasteiger partial charge in [0.1, 0.15) is 5.78 Å². The summed E-state index contributed by atoms with van der Waals surface area (Å²) in [6.07, 6.45) is 1.42. The highest BCUT2D eigenvalue weighted by atomic mass is 35.5. The summed E-state index contributed by atoms with van der Waals surface area (Å²) in [6.45, 7) is 5.97. The number of likely N-dealkylation sites (N-methyl/N-ethyl adjacent to an activating group) is 1. The number of sulfonamides is 1. The van der Waals surface area contributed by atoms with Crippen LogP contribution in [0.15, 0.2) is 70.5 Å². The van der Waals surface area contributed by atoms with E-state index in [-0.39, 0.29) is 67.5 Å². The standard InChI is InChI=1S/C41H55Cl2N3O10S2/c1-31-9-12-35(13-10-31)57(49,50)25-5-18-54-22-23-55-19-15-44-41(48)14-11-34(47)7-4-17-53-21-24-56-20-16-45-58(51,52)36-8-3-6-32(26-36)38-29-46(2)30-39-37(38)27-33(42)28-40(39)43/h3,6,8-10,12-13,26-28,38,45H,4-5,7,11,14-25,29-30H2,1-2H3,(H,44,48). The molecule has 0 spiro atoms. The number of carbonyl (C=O) groups excluding carboxylic acids is 2. The Morgan fingerprint density at radius 2 is 1.41 bits per heavy atom. The number of ketones is 1. The number of aryl methyl sites for hydroxylation is 1. The fourth-order valence-corrected chi connectivity index (χ4v) is 9.24. The van der Waals surface area contributed by atoms with E-state index in [0.717, 1.165) is 22.3 Å². The lowest BCUT2D eigenvalue weighted by Gasteiger charge is -2.33. The van der Waals surface area contributed by atoms with E-state index in [2.05, 4.69) is 14.9 Å². The lowest BCUT2D eigenvalue weighted by atomic mass is 9.85. The summed E-state index contributed by atoms with van der Waals surface area (Å²) >= 11 is 12.8. The summed E-state index contributed by atoms with van der Waals surface area (Å²) in [7, 11) is -5.11. The summed E-state index contributed by atoms with van der Waals surface area (Å²) < 4.78 is 75.4. The summed E-state index contributed by atoms with van der Waals surface area (Å²) in [5, 5.41) is 3.86. The van der Waals surface area contributed by atoms with E-state index in [1.807, 2.05) is 26.1 Å². The van der Waals surface area contributed by atoms with Gasteiger partial charge >= 0.3 is 0 Å². The number of Topliss-reactive ketones (excluding diaryl/α,β-unsaturated/α-hetero) is 1. The van der Waals surface area contributed by atoms with E-state index < -0.39 is 19.9 Å². The van der Waals surface area contributed by atoms with Crippen LogP contribution in [0.2, 0.25) is 10.0 Å². The SMILES string of the molecule is Cc1ccc(S(=O)(=O)CCCOCCOCCNC(=O)CCC(=O)CCCOCCOCCNS(=O)(=O)c2cccc(C3CN(C)Cc4c(Cl)cc(Cl)cc43)c2)cc1. The maximum Gasteiger partial charge on any atom is 0.240 e. The second-order valence-electron chi connectivity index (χ2n) is 14.1. The number of fused-ring (bicyclic) bond motifs is 1. The lowest BCUT2D eigenvalue weighted by Crippen LogP contribution is -2.31. The number of sulfone groups is 1. The van der Waals surface area contributed by atoms with Gasteiger partial charge in [0.2, 0.25) is 15.9 Å². The summed E-state index contributed by atoms with van der Waals surface area (Å²) in [6, 6.07) is 17.3. The molecule has 58 heavy (non-hydrogen) atoms. The Balaban J connectivity index is 0.961. The zero-order valence-electron chi connectivity index (χ0n) is 33.2. The van der Waals surface area contributed by atoms with E-state index in [9.17, 15) is 26.4 Å². The van der Waals surface area contributed by atoms with Gasteiger partial charge in [-0.3, -0.25) is 9.59 Å². The third-order valence-electron chi connectivity index (χ3n) is 9.37. The van der Waals surface area contributed by atoms with Gasteiger partial charge in [-0.1, -0.05) is 53.0 Å². The number of benzene rings is 3. The van der Waals surface area contributed by atoms with Gasteiger partial charge in [0, 0.05) is 74.6 Å². The highest BCUT2D eigenvalue weighted by Crippen LogP contribution is 2.38. The highest BCUT2D eigenvalue weighted by Gasteiger charge is 2.28. The van der Waals surface area contributed by atoms with Crippen molar-refractivity contribution in [1.82, 2.24) is 14.9 Å².